The lowest BCUT2D eigenvalue weighted by atomic mass is 10.1. The lowest BCUT2D eigenvalue weighted by molar-refractivity contribution is 0.0939. The Balaban J connectivity index is 1.91. The van der Waals surface area contributed by atoms with E-state index in [0.717, 1.165) is 16.1 Å². The number of hydrogen-bond acceptors (Lipinski definition) is 4. The highest BCUT2D eigenvalue weighted by Crippen LogP contribution is 2.27. The molecule has 0 saturated carbocycles. The van der Waals surface area contributed by atoms with E-state index in [-0.39, 0.29) is 18.5 Å². The molecule has 0 saturated heterocycles. The van der Waals surface area contributed by atoms with Crippen LogP contribution in [0.15, 0.2) is 72.8 Å². The van der Waals surface area contributed by atoms with Gasteiger partial charge in [-0.15, -0.1) is 0 Å². The second-order valence-corrected chi connectivity index (χ2v) is 9.51. The van der Waals surface area contributed by atoms with Gasteiger partial charge in [-0.3, -0.25) is 9.10 Å². The van der Waals surface area contributed by atoms with Gasteiger partial charge in [0.15, 0.2) is 0 Å². The van der Waals surface area contributed by atoms with Crippen LogP contribution in [0.2, 0.25) is 0 Å². The normalized spacial score (nSPS) is 12.1. The van der Waals surface area contributed by atoms with Crippen molar-refractivity contribution in [3.8, 4) is 5.75 Å². The van der Waals surface area contributed by atoms with E-state index >= 15 is 0 Å². The van der Waals surface area contributed by atoms with Crippen molar-refractivity contribution in [3.63, 3.8) is 0 Å². The van der Waals surface area contributed by atoms with Crippen LogP contribution in [0.5, 0.6) is 5.75 Å². The summed E-state index contributed by atoms with van der Waals surface area (Å²) in [5, 5.41) is 2.96. The molecule has 3 rings (SSSR count). The summed E-state index contributed by atoms with van der Waals surface area (Å²) in [6.07, 6.45) is 1.08. The Hall–Kier alpha value is -3.39. The molecule has 0 bridgehead atoms. The van der Waals surface area contributed by atoms with E-state index in [1.807, 2.05) is 44.2 Å². The van der Waals surface area contributed by atoms with Gasteiger partial charge in [0.05, 0.1) is 31.1 Å². The zero-order valence-corrected chi connectivity index (χ0v) is 19.6. The van der Waals surface area contributed by atoms with Crippen LogP contribution in [0.1, 0.15) is 41.4 Å². The zero-order chi connectivity index (χ0) is 24.0. The molecule has 0 aliphatic carbocycles. The molecular weight excluding hydrogens is 443 g/mol. The molecule has 0 aromatic heterocycles. The molecule has 1 atom stereocenters. The fourth-order valence-corrected chi connectivity index (χ4v) is 4.29. The molecule has 0 aliphatic heterocycles. The minimum Gasteiger partial charge on any atom is -0.494 e. The number of carbonyl (C=O) groups is 1. The molecule has 1 N–H and O–H groups in total. The summed E-state index contributed by atoms with van der Waals surface area (Å²) in [7, 11) is -3.69. The van der Waals surface area contributed by atoms with Gasteiger partial charge in [0, 0.05) is 11.1 Å². The third-order valence-electron chi connectivity index (χ3n) is 5.10. The fraction of sp³-hybridized carbons (Fsp3) is 0.240. The largest absolute Gasteiger partial charge is 0.494 e. The van der Waals surface area contributed by atoms with E-state index in [4.69, 9.17) is 4.74 Å². The Morgan fingerprint density at radius 2 is 1.73 bits per heavy atom. The highest BCUT2D eigenvalue weighted by atomic mass is 32.2. The number of amides is 1. The molecule has 8 heteroatoms. The van der Waals surface area contributed by atoms with Crippen molar-refractivity contribution < 1.29 is 22.3 Å². The summed E-state index contributed by atoms with van der Waals surface area (Å²) in [4.78, 5) is 12.9. The van der Waals surface area contributed by atoms with E-state index in [1.54, 1.807) is 18.2 Å². The highest BCUT2D eigenvalue weighted by molar-refractivity contribution is 7.92. The van der Waals surface area contributed by atoms with Gasteiger partial charge in [-0.2, -0.15) is 0 Å². The van der Waals surface area contributed by atoms with Crippen LogP contribution in [0, 0.1) is 5.82 Å². The van der Waals surface area contributed by atoms with Crippen LogP contribution in [0.3, 0.4) is 0 Å². The molecule has 0 fully saturated rings. The van der Waals surface area contributed by atoms with E-state index in [2.05, 4.69) is 5.32 Å². The van der Waals surface area contributed by atoms with Crippen molar-refractivity contribution in [2.24, 2.45) is 0 Å². The Morgan fingerprint density at radius 1 is 1.06 bits per heavy atom. The Morgan fingerprint density at radius 3 is 2.33 bits per heavy atom. The van der Waals surface area contributed by atoms with E-state index in [0.29, 0.717) is 29.2 Å². The van der Waals surface area contributed by atoms with Crippen LogP contribution in [-0.4, -0.2) is 27.2 Å². The maximum Gasteiger partial charge on any atom is 0.251 e. The number of nitrogens with one attached hydrogen (secondary N) is 1. The average molecular weight is 471 g/mol. The van der Waals surface area contributed by atoms with Gasteiger partial charge in [-0.25, -0.2) is 12.8 Å². The van der Waals surface area contributed by atoms with Crippen LogP contribution in [0.4, 0.5) is 10.1 Å². The van der Waals surface area contributed by atoms with Gasteiger partial charge in [0.1, 0.15) is 11.6 Å². The standard InChI is InChI=1S/C25H27FN2O4S/c1-4-32-24-15-10-20(25(29)27-18(2)19-8-6-5-7-9-19)16-21(24)17-28(33(3,30)31)23-13-11-22(26)12-14-23/h5-16,18H,4,17H2,1-3H3,(H,27,29)/t18-/m0/s1. The molecule has 0 unspecified atom stereocenters. The molecule has 0 heterocycles. The smallest absolute Gasteiger partial charge is 0.251 e. The number of rotatable bonds is 9. The summed E-state index contributed by atoms with van der Waals surface area (Å²) in [5.41, 5.74) is 2.18. The van der Waals surface area contributed by atoms with Crippen LogP contribution in [0.25, 0.3) is 0 Å². The summed E-state index contributed by atoms with van der Waals surface area (Å²) in [6, 6.07) is 19.5. The molecule has 33 heavy (non-hydrogen) atoms. The summed E-state index contributed by atoms with van der Waals surface area (Å²) in [6.45, 7) is 4.01. The number of nitrogens with zero attached hydrogens (tertiary/aromatic N) is 1. The average Bonchev–Trinajstić information content (AvgIpc) is 2.79. The summed E-state index contributed by atoms with van der Waals surface area (Å²) >= 11 is 0. The molecule has 3 aromatic rings. The Labute approximate surface area is 194 Å². The molecule has 3 aromatic carbocycles. The molecule has 0 spiro atoms. The van der Waals surface area contributed by atoms with Gasteiger partial charge >= 0.3 is 0 Å². The second-order valence-electron chi connectivity index (χ2n) is 7.61. The van der Waals surface area contributed by atoms with Crippen LogP contribution in [-0.2, 0) is 16.6 Å². The van der Waals surface area contributed by atoms with Crippen molar-refractivity contribution in [2.45, 2.75) is 26.4 Å². The number of anilines is 1. The molecule has 6 nitrogen and oxygen atoms in total. The number of carbonyl (C=O) groups excluding carboxylic acids is 1. The SMILES string of the molecule is CCOc1ccc(C(=O)N[C@@H](C)c2ccccc2)cc1CN(c1ccc(F)cc1)S(C)(=O)=O. The number of sulfonamides is 1. The van der Waals surface area contributed by atoms with Gasteiger partial charge in [-0.1, -0.05) is 30.3 Å². The zero-order valence-electron chi connectivity index (χ0n) is 18.8. The van der Waals surface area contributed by atoms with E-state index in [1.165, 1.54) is 24.3 Å². The van der Waals surface area contributed by atoms with Crippen molar-refractivity contribution in [1.82, 2.24) is 5.32 Å². The van der Waals surface area contributed by atoms with Crippen molar-refractivity contribution in [2.75, 3.05) is 17.2 Å². The number of halogens is 1. The fourth-order valence-electron chi connectivity index (χ4n) is 3.41. The first-order chi connectivity index (χ1) is 15.7. The quantitative estimate of drug-likeness (QED) is 0.493. The number of ether oxygens (including phenoxy) is 1. The second kappa shape index (κ2) is 10.5. The first-order valence-corrected chi connectivity index (χ1v) is 12.4. The molecule has 1 amide bonds. The molecule has 0 aliphatic rings. The van der Waals surface area contributed by atoms with Gasteiger partial charge in [0.2, 0.25) is 10.0 Å². The monoisotopic (exact) mass is 470 g/mol. The summed E-state index contributed by atoms with van der Waals surface area (Å²) < 4.78 is 45.3. The Kier molecular flexibility index (Phi) is 7.71. The van der Waals surface area contributed by atoms with Crippen molar-refractivity contribution in [3.05, 3.63) is 95.3 Å². The molecule has 174 valence electrons. The highest BCUT2D eigenvalue weighted by Gasteiger charge is 2.21. The van der Waals surface area contributed by atoms with Gasteiger partial charge < -0.3 is 10.1 Å². The first-order valence-electron chi connectivity index (χ1n) is 10.5. The Bertz CT molecular complexity index is 1200. The third-order valence-corrected chi connectivity index (χ3v) is 6.24. The predicted octanol–water partition coefficient (Wildman–Crippen LogP) is 4.68. The maximum atomic E-state index is 13.4. The molecular formula is C25H27FN2O4S. The summed E-state index contributed by atoms with van der Waals surface area (Å²) in [5.74, 6) is -0.280. The lowest BCUT2D eigenvalue weighted by Gasteiger charge is -2.24. The van der Waals surface area contributed by atoms with Crippen molar-refractivity contribution >= 4 is 21.6 Å². The number of benzene rings is 3. The van der Waals surface area contributed by atoms with Gasteiger partial charge in [0.25, 0.3) is 5.91 Å². The molecule has 0 radical (unpaired) electrons. The van der Waals surface area contributed by atoms with Gasteiger partial charge in [-0.05, 0) is 61.9 Å². The first kappa shape index (κ1) is 24.3. The number of hydrogen-bond donors (Lipinski definition) is 1. The predicted molar refractivity (Wildman–Crippen MR) is 127 cm³/mol. The maximum absolute atomic E-state index is 13.4. The third kappa shape index (κ3) is 6.32. The minimum atomic E-state index is -3.69. The van der Waals surface area contributed by atoms with E-state index < -0.39 is 15.8 Å². The van der Waals surface area contributed by atoms with Crippen LogP contribution >= 0.6 is 0 Å². The minimum absolute atomic E-state index is 0.0742. The lowest BCUT2D eigenvalue weighted by Crippen LogP contribution is -2.30. The van der Waals surface area contributed by atoms with Crippen LogP contribution < -0.4 is 14.4 Å². The topological polar surface area (TPSA) is 75.7 Å². The van der Waals surface area contributed by atoms with Crippen molar-refractivity contribution in [1.29, 1.82) is 0 Å². The van der Waals surface area contributed by atoms with E-state index in [9.17, 15) is 17.6 Å².